The van der Waals surface area contributed by atoms with E-state index in [-0.39, 0.29) is 0 Å². The molecule has 0 saturated heterocycles. The molecule has 672 valence electrons. The van der Waals surface area contributed by atoms with Crippen LogP contribution in [-0.4, -0.2) is 57.3 Å². The number of rotatable bonds is 15. The molecule has 29 rings (SSSR count). The molecule has 0 aliphatic heterocycles. The molecule has 0 N–H and O–H groups in total. The lowest BCUT2D eigenvalue weighted by molar-refractivity contribution is 1.07. The lowest BCUT2D eigenvalue weighted by Crippen LogP contribution is -2.01. The summed E-state index contributed by atoms with van der Waals surface area (Å²) in [4.78, 5) is 30.0. The molecular formula is C132H84N12. The molecule has 0 saturated carbocycles. The lowest BCUT2D eigenvalue weighted by atomic mass is 10.0. The molecule has 0 radical (unpaired) electrons. The van der Waals surface area contributed by atoms with Gasteiger partial charge in [-0.25, -0.2) is 29.9 Å². The Hall–Kier alpha value is -19.6. The fourth-order valence-corrected chi connectivity index (χ4v) is 22.0. The summed E-state index contributed by atoms with van der Waals surface area (Å²) in [6, 6.07) is 182. The van der Waals surface area contributed by atoms with E-state index in [2.05, 4.69) is 416 Å². The largest absolute Gasteiger partial charge is 0.309 e. The fourth-order valence-electron chi connectivity index (χ4n) is 22.0. The van der Waals surface area contributed by atoms with Crippen molar-refractivity contribution in [2.24, 2.45) is 0 Å². The molecule has 29 aromatic rings. The van der Waals surface area contributed by atoms with Gasteiger partial charge in [0.05, 0.1) is 66.2 Å². The van der Waals surface area contributed by atoms with E-state index in [0.717, 1.165) is 101 Å². The summed E-state index contributed by atoms with van der Waals surface area (Å²) < 4.78 is 14.4. The zero-order valence-corrected chi connectivity index (χ0v) is 77.9. The average Bonchev–Trinajstić information content (AvgIpc) is 1.58. The van der Waals surface area contributed by atoms with Crippen molar-refractivity contribution < 1.29 is 0 Å². The number of para-hydroxylation sites is 8. The number of benzene rings is 21. The van der Waals surface area contributed by atoms with Gasteiger partial charge in [-0.05, 0) is 209 Å². The topological polar surface area (TPSA) is 107 Å². The molecular weight excluding hydrogens is 1750 g/mol. The van der Waals surface area contributed by atoms with Crippen LogP contribution in [0.2, 0.25) is 0 Å². The molecule has 0 spiro atoms. The van der Waals surface area contributed by atoms with Crippen LogP contribution in [0.3, 0.4) is 0 Å². The van der Waals surface area contributed by atoms with E-state index in [0.29, 0.717) is 34.9 Å². The van der Waals surface area contributed by atoms with Gasteiger partial charge >= 0.3 is 0 Å². The molecule has 0 fully saturated rings. The molecule has 21 aromatic carbocycles. The van der Waals surface area contributed by atoms with Crippen molar-refractivity contribution in [2.75, 3.05) is 0 Å². The minimum absolute atomic E-state index is 0.626. The predicted octanol–water partition coefficient (Wildman–Crippen LogP) is 33.3. The van der Waals surface area contributed by atoms with Gasteiger partial charge < -0.3 is 27.4 Å². The van der Waals surface area contributed by atoms with Gasteiger partial charge in [0.1, 0.15) is 0 Å². The summed E-state index contributed by atoms with van der Waals surface area (Å²) in [5, 5.41) is 14.6. The average molecular weight is 1840 g/mol. The Labute approximate surface area is 827 Å². The van der Waals surface area contributed by atoms with Crippen molar-refractivity contribution in [2.45, 2.75) is 0 Å². The number of hydrogen-bond acceptors (Lipinski definition) is 6. The molecule has 0 amide bonds. The molecule has 0 atom stereocenters. The van der Waals surface area contributed by atoms with Crippen LogP contribution in [0.5, 0.6) is 0 Å². The highest BCUT2D eigenvalue weighted by molar-refractivity contribution is 6.18. The summed E-state index contributed by atoms with van der Waals surface area (Å²) in [5.41, 5.74) is 33.3. The normalized spacial score (nSPS) is 11.8. The van der Waals surface area contributed by atoms with Crippen molar-refractivity contribution in [1.82, 2.24) is 57.3 Å². The van der Waals surface area contributed by atoms with Crippen LogP contribution in [0, 0.1) is 0 Å². The van der Waals surface area contributed by atoms with Gasteiger partial charge in [0.2, 0.25) is 0 Å². The first kappa shape index (κ1) is 82.7. The third-order valence-electron chi connectivity index (χ3n) is 28.5. The minimum Gasteiger partial charge on any atom is -0.309 e. The van der Waals surface area contributed by atoms with Crippen LogP contribution in [-0.2, 0) is 0 Å². The highest BCUT2D eigenvalue weighted by atomic mass is 15.1. The van der Waals surface area contributed by atoms with Gasteiger partial charge in [0.25, 0.3) is 0 Å². The van der Waals surface area contributed by atoms with Gasteiger partial charge in [-0.3, -0.25) is 0 Å². The molecule has 0 bridgehead atoms. The van der Waals surface area contributed by atoms with Crippen LogP contribution in [0.1, 0.15) is 0 Å². The maximum Gasteiger partial charge on any atom is 0.164 e. The molecule has 8 aromatic heterocycles. The number of fused-ring (bicyclic) bond motifs is 18. The first-order chi connectivity index (χ1) is 71.4. The van der Waals surface area contributed by atoms with Crippen molar-refractivity contribution in [3.8, 4) is 136 Å². The van der Waals surface area contributed by atoms with Crippen molar-refractivity contribution >= 4 is 131 Å². The van der Waals surface area contributed by atoms with E-state index in [1.165, 1.54) is 131 Å². The van der Waals surface area contributed by atoms with Gasteiger partial charge in [-0.1, -0.05) is 334 Å². The maximum absolute atomic E-state index is 5.05. The van der Waals surface area contributed by atoms with Gasteiger partial charge in [0, 0.05) is 132 Å². The highest BCUT2D eigenvalue weighted by Crippen LogP contribution is 2.46. The molecule has 0 aliphatic carbocycles. The minimum atomic E-state index is 0.626. The quantitative estimate of drug-likeness (QED) is 0.101. The van der Waals surface area contributed by atoms with Crippen LogP contribution in [0.25, 0.3) is 267 Å². The monoisotopic (exact) mass is 1840 g/mol. The molecule has 12 nitrogen and oxygen atoms in total. The standard InChI is InChI=1S/C69H44N6.C63H40N6/c1-4-18-45(19-5-1)67-70-68(46-20-6-2-7-21-46)72-69(71-67)51-24-16-22-47(40-51)48-23-17-27-53(41-48)74-62-32-14-10-28-55(62)58-42-49(34-37-64(58)74)50-35-38-65-59(43-50)56-29-11-15-33-63(56)75(65)54-36-39-66-60(44-54)57-30-12-13-31-61(57)73(66)52-25-8-3-9-26-52;1-4-17-41(18-5-1)61-64-62(42-19-6-2-7-20-42)66-63(65-61)45-21-16-24-47(37-45)68-56-29-14-10-25-49(56)52-38-43(31-34-58(52)68)44-32-35-59-53(39-44)50-26-11-15-30-57(50)69(59)48-33-36-60-54(40-48)51-27-12-13-28-55(51)67(60)46-22-8-3-9-23-46/h1-44H;1-40H. The second-order valence-corrected chi connectivity index (χ2v) is 36.9. The summed E-state index contributed by atoms with van der Waals surface area (Å²) in [6.45, 7) is 0. The van der Waals surface area contributed by atoms with Crippen LogP contribution >= 0.6 is 0 Å². The van der Waals surface area contributed by atoms with E-state index >= 15 is 0 Å². The maximum atomic E-state index is 5.05. The fraction of sp³-hybridized carbons (Fsp3) is 0. The summed E-state index contributed by atoms with van der Waals surface area (Å²) >= 11 is 0. The van der Waals surface area contributed by atoms with Crippen LogP contribution in [0.15, 0.2) is 510 Å². The third-order valence-corrected chi connectivity index (χ3v) is 28.5. The summed E-state index contributed by atoms with van der Waals surface area (Å²) in [5.74, 6) is 3.82. The zero-order chi connectivity index (χ0) is 94.8. The van der Waals surface area contributed by atoms with Crippen LogP contribution in [0.4, 0.5) is 0 Å². The van der Waals surface area contributed by atoms with Crippen molar-refractivity contribution in [3.63, 3.8) is 0 Å². The second kappa shape index (κ2) is 34.3. The Morgan fingerprint density at radius 2 is 0.271 bits per heavy atom. The van der Waals surface area contributed by atoms with Gasteiger partial charge in [-0.2, -0.15) is 0 Å². The van der Waals surface area contributed by atoms with E-state index in [9.17, 15) is 0 Å². The Balaban J connectivity index is 0.000000141. The Morgan fingerprint density at radius 1 is 0.0972 bits per heavy atom. The van der Waals surface area contributed by atoms with Crippen LogP contribution < -0.4 is 0 Å². The van der Waals surface area contributed by atoms with Gasteiger partial charge in [-0.15, -0.1) is 0 Å². The van der Waals surface area contributed by atoms with Crippen molar-refractivity contribution in [1.29, 1.82) is 0 Å². The van der Waals surface area contributed by atoms with E-state index in [1.807, 2.05) is 121 Å². The molecule has 8 heterocycles. The van der Waals surface area contributed by atoms with Gasteiger partial charge in [0.15, 0.2) is 34.9 Å². The molecule has 144 heavy (non-hydrogen) atoms. The summed E-state index contributed by atoms with van der Waals surface area (Å²) in [7, 11) is 0. The second-order valence-electron chi connectivity index (χ2n) is 36.9. The number of aromatic nitrogens is 12. The Kier molecular flexibility index (Phi) is 19.7. The summed E-state index contributed by atoms with van der Waals surface area (Å²) in [6.07, 6.45) is 0. The van der Waals surface area contributed by atoms with Crippen molar-refractivity contribution in [3.05, 3.63) is 510 Å². The predicted molar refractivity (Wildman–Crippen MR) is 595 cm³/mol. The number of nitrogens with zero attached hydrogens (tertiary/aromatic N) is 12. The van der Waals surface area contributed by atoms with E-state index in [1.54, 1.807) is 0 Å². The first-order valence-corrected chi connectivity index (χ1v) is 48.8. The highest BCUT2D eigenvalue weighted by Gasteiger charge is 2.25. The Bertz CT molecular complexity index is 10000. The zero-order valence-electron chi connectivity index (χ0n) is 77.9. The molecule has 0 aliphatic rings. The molecule has 12 heteroatoms. The lowest BCUT2D eigenvalue weighted by Gasteiger charge is -2.12. The third kappa shape index (κ3) is 14.1. The smallest absolute Gasteiger partial charge is 0.164 e. The van der Waals surface area contributed by atoms with E-state index in [4.69, 9.17) is 29.9 Å². The number of hydrogen-bond donors (Lipinski definition) is 0. The first-order valence-electron chi connectivity index (χ1n) is 48.8. The SMILES string of the molecule is c1ccc(-c2nc(-c3ccccc3)nc(-c3cccc(-c4cccc(-n5c6ccccc6c6cc(-c7ccc8c(c7)c7ccccc7n8-c7ccc8c(c7)c7ccccc7n8-c7ccccc7)ccc65)c4)c3)n2)cc1.c1ccc(-c2nc(-c3ccccc3)nc(-c3cccc(-n4c5ccccc5c5cc(-c6ccc7c(c6)c6ccccc6n7-c6ccc7c(c6)c6ccccc6n7-c6ccccc6)ccc54)c3)n2)cc1. The Morgan fingerprint density at radius 3 is 0.562 bits per heavy atom. The van der Waals surface area contributed by atoms with E-state index < -0.39 is 0 Å². The molecule has 0 unspecified atom stereocenters.